The fraction of sp³-hybridized carbons (Fsp3) is 0.579. The number of nitrogens with two attached hydrogens (primary N) is 1. The van der Waals surface area contributed by atoms with E-state index in [0.717, 1.165) is 31.2 Å². The first kappa shape index (κ1) is 21.0. The van der Waals surface area contributed by atoms with Crippen LogP contribution in [0.3, 0.4) is 0 Å². The molecule has 1 heterocycles. The summed E-state index contributed by atoms with van der Waals surface area (Å²) in [6.07, 6.45) is 3.80. The van der Waals surface area contributed by atoms with Gasteiger partial charge >= 0.3 is 0 Å². The first-order valence-corrected chi connectivity index (χ1v) is 9.34. The van der Waals surface area contributed by atoms with Gasteiger partial charge in [0.1, 0.15) is 0 Å². The first-order chi connectivity index (χ1) is 11.9. The van der Waals surface area contributed by atoms with Gasteiger partial charge in [0.15, 0.2) is 0 Å². The Morgan fingerprint density at radius 1 is 1.27 bits per heavy atom. The maximum atomic E-state index is 12.9. The Labute approximate surface area is 166 Å². The van der Waals surface area contributed by atoms with Gasteiger partial charge in [0.2, 0.25) is 11.8 Å². The molecule has 1 aliphatic heterocycles. The van der Waals surface area contributed by atoms with Crippen molar-refractivity contribution in [1.82, 2.24) is 9.80 Å². The second-order valence-electron chi connectivity index (χ2n) is 7.51. The number of halogens is 2. The fourth-order valence-corrected chi connectivity index (χ4v) is 3.98. The van der Waals surface area contributed by atoms with E-state index in [9.17, 15) is 9.59 Å². The molecule has 0 aromatic heterocycles. The molecule has 1 aliphatic carbocycles. The molecular weight excluding hydrogens is 373 g/mol. The molecule has 2 atom stereocenters. The molecule has 0 radical (unpaired) electrons. The monoisotopic (exact) mass is 399 g/mol. The van der Waals surface area contributed by atoms with Crippen LogP contribution in [-0.4, -0.2) is 46.8 Å². The number of rotatable bonds is 3. The lowest BCUT2D eigenvalue weighted by Gasteiger charge is -2.42. The van der Waals surface area contributed by atoms with Crippen LogP contribution in [0.15, 0.2) is 24.3 Å². The summed E-state index contributed by atoms with van der Waals surface area (Å²) < 4.78 is 0. The summed E-state index contributed by atoms with van der Waals surface area (Å²) in [4.78, 5) is 28.9. The van der Waals surface area contributed by atoms with Crippen molar-refractivity contribution in [2.24, 2.45) is 11.7 Å². The van der Waals surface area contributed by atoms with Crippen LogP contribution >= 0.6 is 24.0 Å². The van der Waals surface area contributed by atoms with Gasteiger partial charge in [-0.2, -0.15) is 0 Å². The highest BCUT2D eigenvalue weighted by Crippen LogP contribution is 2.33. The summed E-state index contributed by atoms with van der Waals surface area (Å²) in [5.74, 6) is -0.134. The maximum Gasteiger partial charge on any atom is 0.242 e. The van der Waals surface area contributed by atoms with Crippen LogP contribution in [0.5, 0.6) is 0 Å². The Bertz CT molecular complexity index is 649. The van der Waals surface area contributed by atoms with Gasteiger partial charge in [0, 0.05) is 30.2 Å². The maximum absolute atomic E-state index is 12.9. The van der Waals surface area contributed by atoms with Crippen molar-refractivity contribution < 1.29 is 9.59 Å². The highest BCUT2D eigenvalue weighted by atomic mass is 35.5. The van der Waals surface area contributed by atoms with Gasteiger partial charge in [-0.05, 0) is 37.5 Å². The highest BCUT2D eigenvalue weighted by molar-refractivity contribution is 6.30. The van der Waals surface area contributed by atoms with Gasteiger partial charge in [-0.15, -0.1) is 12.4 Å². The SMILES string of the molecule is CC1(N)CCCCC1C(=O)N1CCN(Cc2ccc(Cl)cc2)C(=O)C1.Cl. The lowest BCUT2D eigenvalue weighted by molar-refractivity contribution is -0.150. The molecule has 2 amide bonds. The van der Waals surface area contributed by atoms with Crippen LogP contribution in [-0.2, 0) is 16.1 Å². The van der Waals surface area contributed by atoms with Gasteiger partial charge in [-0.3, -0.25) is 9.59 Å². The van der Waals surface area contributed by atoms with E-state index in [1.54, 1.807) is 9.80 Å². The molecule has 26 heavy (non-hydrogen) atoms. The van der Waals surface area contributed by atoms with Crippen LogP contribution < -0.4 is 5.73 Å². The van der Waals surface area contributed by atoms with Crippen molar-refractivity contribution in [2.45, 2.75) is 44.7 Å². The van der Waals surface area contributed by atoms with Gasteiger partial charge in [-0.1, -0.05) is 36.6 Å². The first-order valence-electron chi connectivity index (χ1n) is 8.97. The smallest absolute Gasteiger partial charge is 0.242 e. The minimum absolute atomic E-state index is 0. The van der Waals surface area contributed by atoms with Crippen molar-refractivity contribution in [2.75, 3.05) is 19.6 Å². The molecule has 2 N–H and O–H groups in total. The quantitative estimate of drug-likeness (QED) is 0.849. The molecule has 1 saturated carbocycles. The molecule has 0 bridgehead atoms. The molecule has 2 unspecified atom stereocenters. The predicted octanol–water partition coefficient (Wildman–Crippen LogP) is 2.84. The van der Waals surface area contributed by atoms with Crippen molar-refractivity contribution in [3.8, 4) is 0 Å². The zero-order valence-electron chi connectivity index (χ0n) is 15.1. The van der Waals surface area contributed by atoms with Crippen molar-refractivity contribution in [3.63, 3.8) is 0 Å². The number of amides is 2. The standard InChI is InChI=1S/C19H26ClN3O2.ClH/c1-19(21)9-3-2-4-16(19)18(25)23-11-10-22(17(24)13-23)12-14-5-7-15(20)8-6-14;/h5-8,16H,2-4,9-13,21H2,1H3;1H. The van der Waals surface area contributed by atoms with Crippen LogP contribution in [0.1, 0.15) is 38.2 Å². The van der Waals surface area contributed by atoms with E-state index in [-0.39, 0.29) is 36.7 Å². The van der Waals surface area contributed by atoms with E-state index in [1.165, 1.54) is 0 Å². The van der Waals surface area contributed by atoms with E-state index >= 15 is 0 Å². The Hall–Kier alpha value is -1.30. The number of benzene rings is 1. The second kappa shape index (κ2) is 8.59. The summed E-state index contributed by atoms with van der Waals surface area (Å²) in [6.45, 7) is 3.80. The number of carbonyl (C=O) groups is 2. The minimum atomic E-state index is -0.460. The van der Waals surface area contributed by atoms with Crippen LogP contribution in [0, 0.1) is 5.92 Å². The molecule has 2 aliphatic rings. The zero-order valence-corrected chi connectivity index (χ0v) is 16.7. The lowest BCUT2D eigenvalue weighted by Crippen LogP contribution is -2.58. The lowest BCUT2D eigenvalue weighted by atomic mass is 9.74. The number of carbonyl (C=O) groups excluding carboxylic acids is 2. The van der Waals surface area contributed by atoms with E-state index in [1.807, 2.05) is 31.2 Å². The van der Waals surface area contributed by atoms with Crippen molar-refractivity contribution in [3.05, 3.63) is 34.9 Å². The topological polar surface area (TPSA) is 66.6 Å². The molecule has 1 aromatic rings. The summed E-state index contributed by atoms with van der Waals surface area (Å²) in [5, 5.41) is 0.683. The summed E-state index contributed by atoms with van der Waals surface area (Å²) in [5.41, 5.74) is 6.93. The molecular formula is C19H27Cl2N3O2. The summed E-state index contributed by atoms with van der Waals surface area (Å²) >= 11 is 5.90. The minimum Gasteiger partial charge on any atom is -0.335 e. The molecule has 7 heteroatoms. The van der Waals surface area contributed by atoms with E-state index in [2.05, 4.69) is 0 Å². The zero-order chi connectivity index (χ0) is 18.0. The fourth-order valence-electron chi connectivity index (χ4n) is 3.86. The number of hydrogen-bond donors (Lipinski definition) is 1. The van der Waals surface area contributed by atoms with Gasteiger partial charge in [0.25, 0.3) is 0 Å². The second-order valence-corrected chi connectivity index (χ2v) is 7.94. The predicted molar refractivity (Wildman–Crippen MR) is 105 cm³/mol. The highest BCUT2D eigenvalue weighted by Gasteiger charge is 2.41. The average Bonchev–Trinajstić information content (AvgIpc) is 2.57. The number of nitrogens with zero attached hydrogens (tertiary/aromatic N) is 2. The number of hydrogen-bond acceptors (Lipinski definition) is 3. The summed E-state index contributed by atoms with van der Waals surface area (Å²) in [7, 11) is 0. The Morgan fingerprint density at radius 3 is 2.58 bits per heavy atom. The third-order valence-electron chi connectivity index (χ3n) is 5.47. The van der Waals surface area contributed by atoms with Crippen LogP contribution in [0.4, 0.5) is 0 Å². The molecule has 144 valence electrons. The third-order valence-corrected chi connectivity index (χ3v) is 5.72. The van der Waals surface area contributed by atoms with Crippen LogP contribution in [0.2, 0.25) is 5.02 Å². The molecule has 3 rings (SSSR count). The Morgan fingerprint density at radius 2 is 1.96 bits per heavy atom. The Balaban J connectivity index is 0.00000243. The molecule has 0 spiro atoms. The van der Waals surface area contributed by atoms with Crippen molar-refractivity contribution in [1.29, 1.82) is 0 Å². The summed E-state index contributed by atoms with van der Waals surface area (Å²) in [6, 6.07) is 7.50. The average molecular weight is 400 g/mol. The molecule has 1 aromatic carbocycles. The van der Waals surface area contributed by atoms with E-state index in [4.69, 9.17) is 17.3 Å². The largest absolute Gasteiger partial charge is 0.335 e. The Kier molecular flexibility index (Phi) is 6.94. The van der Waals surface area contributed by atoms with Crippen LogP contribution in [0.25, 0.3) is 0 Å². The van der Waals surface area contributed by atoms with Gasteiger partial charge < -0.3 is 15.5 Å². The van der Waals surface area contributed by atoms with Gasteiger partial charge in [0.05, 0.1) is 12.5 Å². The molecule has 2 fully saturated rings. The molecule has 5 nitrogen and oxygen atoms in total. The number of piperazine rings is 1. The van der Waals surface area contributed by atoms with Gasteiger partial charge in [-0.25, -0.2) is 0 Å². The normalized spacial score (nSPS) is 26.4. The third kappa shape index (κ3) is 4.70. The van der Waals surface area contributed by atoms with Crippen molar-refractivity contribution >= 4 is 35.8 Å². The molecule has 1 saturated heterocycles. The van der Waals surface area contributed by atoms with E-state index in [0.29, 0.717) is 24.7 Å². The van der Waals surface area contributed by atoms with E-state index < -0.39 is 5.54 Å².